The lowest BCUT2D eigenvalue weighted by Gasteiger charge is -2.34. The molecule has 1 aromatic heterocycles. The smallest absolute Gasteiger partial charge is 0.322 e. The molecule has 0 unspecified atom stereocenters. The van der Waals surface area contributed by atoms with Gasteiger partial charge >= 0.3 is 6.03 Å². The van der Waals surface area contributed by atoms with Crippen molar-refractivity contribution in [2.75, 3.05) is 31.5 Å². The molecule has 8 heteroatoms. The number of anilines is 1. The van der Waals surface area contributed by atoms with Gasteiger partial charge in [0.2, 0.25) is 0 Å². The topological polar surface area (TPSA) is 104 Å². The van der Waals surface area contributed by atoms with E-state index in [4.69, 9.17) is 5.73 Å². The lowest BCUT2D eigenvalue weighted by Crippen LogP contribution is -2.51. The van der Waals surface area contributed by atoms with Gasteiger partial charge in [-0.25, -0.2) is 4.79 Å². The molecule has 0 radical (unpaired) electrons. The Hall–Kier alpha value is -3.68. The van der Waals surface area contributed by atoms with E-state index in [1.807, 2.05) is 26.0 Å². The molecule has 1 aliphatic rings. The van der Waals surface area contributed by atoms with Crippen LogP contribution in [-0.4, -0.2) is 58.6 Å². The first-order valence-corrected chi connectivity index (χ1v) is 9.77. The van der Waals surface area contributed by atoms with Crippen LogP contribution in [0.5, 0.6) is 0 Å². The van der Waals surface area contributed by atoms with Gasteiger partial charge in [0.25, 0.3) is 5.91 Å². The summed E-state index contributed by atoms with van der Waals surface area (Å²) in [6, 6.07) is 10.5. The fourth-order valence-electron chi connectivity index (χ4n) is 3.18. The van der Waals surface area contributed by atoms with E-state index in [1.165, 1.54) is 0 Å². The third-order valence-corrected chi connectivity index (χ3v) is 4.62. The third kappa shape index (κ3) is 5.66. The molecule has 1 saturated heterocycles. The number of allylic oxidation sites excluding steroid dienone is 2. The summed E-state index contributed by atoms with van der Waals surface area (Å²) in [5, 5.41) is 2.82. The van der Waals surface area contributed by atoms with Crippen LogP contribution in [0.1, 0.15) is 24.2 Å². The number of amides is 3. The molecular weight excluding hydrogens is 380 g/mol. The molecule has 0 bridgehead atoms. The molecule has 0 atom stereocenters. The molecule has 0 saturated carbocycles. The number of hydrogen-bond donors (Lipinski definition) is 2. The summed E-state index contributed by atoms with van der Waals surface area (Å²) in [6.45, 7) is 5.61. The molecule has 3 N–H and O–H groups in total. The summed E-state index contributed by atoms with van der Waals surface area (Å²) < 4.78 is 0. The summed E-state index contributed by atoms with van der Waals surface area (Å²) in [7, 11) is 0. The number of nitrogens with one attached hydrogen (secondary N) is 1. The predicted molar refractivity (Wildman–Crippen MR) is 118 cm³/mol. The summed E-state index contributed by atoms with van der Waals surface area (Å²) >= 11 is 0. The highest BCUT2D eigenvalue weighted by Gasteiger charge is 2.24. The number of nitrogens with two attached hydrogens (primary N) is 1. The molecule has 0 aliphatic carbocycles. The van der Waals surface area contributed by atoms with Crippen LogP contribution in [0, 0.1) is 0 Å². The fraction of sp³-hybridized carbons (Fsp3) is 0.273. The van der Waals surface area contributed by atoms with E-state index >= 15 is 0 Å². The molecule has 1 aromatic carbocycles. The van der Waals surface area contributed by atoms with Gasteiger partial charge in [-0.05, 0) is 56.3 Å². The van der Waals surface area contributed by atoms with E-state index in [9.17, 15) is 9.59 Å². The van der Waals surface area contributed by atoms with Crippen molar-refractivity contribution < 1.29 is 9.59 Å². The zero-order chi connectivity index (χ0) is 21.5. The summed E-state index contributed by atoms with van der Waals surface area (Å²) in [6.07, 6.45) is 5.04. The van der Waals surface area contributed by atoms with Crippen molar-refractivity contribution in [3.05, 3.63) is 66.1 Å². The molecular formula is C22H26N6O2. The number of benzene rings is 1. The minimum absolute atomic E-state index is 0.0488. The van der Waals surface area contributed by atoms with E-state index in [1.54, 1.807) is 52.5 Å². The van der Waals surface area contributed by atoms with Gasteiger partial charge in [0.05, 0.1) is 17.6 Å². The van der Waals surface area contributed by atoms with Crippen LogP contribution in [0.15, 0.2) is 65.6 Å². The van der Waals surface area contributed by atoms with Crippen LogP contribution in [0.3, 0.4) is 0 Å². The van der Waals surface area contributed by atoms with Gasteiger partial charge in [-0.1, -0.05) is 0 Å². The van der Waals surface area contributed by atoms with Crippen molar-refractivity contribution in [1.29, 1.82) is 0 Å². The lowest BCUT2D eigenvalue weighted by molar-refractivity contribution is 0.0671. The van der Waals surface area contributed by atoms with E-state index in [0.717, 1.165) is 11.4 Å². The number of urea groups is 1. The van der Waals surface area contributed by atoms with Crippen LogP contribution < -0.4 is 11.1 Å². The van der Waals surface area contributed by atoms with Crippen LogP contribution in [-0.2, 0) is 0 Å². The molecule has 8 nitrogen and oxygen atoms in total. The maximum absolute atomic E-state index is 12.8. The standard InChI is InChI=1S/C22H26N6O2/c1-16(23)14-17(2)25-19-7-5-18(6-8-19)21(29)27-10-12-28(13-11-27)22(30)26-20-4-3-9-24-15-20/h3-9,14-15H,10-13,23H2,1-2H3,(H,26,30). The number of pyridine rings is 1. The quantitative estimate of drug-likeness (QED) is 0.762. The van der Waals surface area contributed by atoms with Crippen LogP contribution >= 0.6 is 0 Å². The Kier molecular flexibility index (Phi) is 6.79. The van der Waals surface area contributed by atoms with Crippen LogP contribution in [0.25, 0.3) is 0 Å². The van der Waals surface area contributed by atoms with Gasteiger partial charge in [0.1, 0.15) is 0 Å². The van der Waals surface area contributed by atoms with E-state index in [-0.39, 0.29) is 11.9 Å². The molecule has 156 valence electrons. The van der Waals surface area contributed by atoms with Crippen molar-refractivity contribution in [2.45, 2.75) is 13.8 Å². The summed E-state index contributed by atoms with van der Waals surface area (Å²) in [4.78, 5) is 37.0. The van der Waals surface area contributed by atoms with Crippen molar-refractivity contribution in [1.82, 2.24) is 14.8 Å². The Morgan fingerprint density at radius 2 is 1.73 bits per heavy atom. The number of aliphatic imine (C=N–C) groups is 1. The monoisotopic (exact) mass is 406 g/mol. The average molecular weight is 406 g/mol. The summed E-state index contributed by atoms with van der Waals surface area (Å²) in [5.74, 6) is -0.0488. The van der Waals surface area contributed by atoms with Crippen LogP contribution in [0.4, 0.5) is 16.2 Å². The normalized spacial score (nSPS) is 15.1. The fourth-order valence-corrected chi connectivity index (χ4v) is 3.18. The highest BCUT2D eigenvalue weighted by Crippen LogP contribution is 2.16. The number of piperazine rings is 1. The Morgan fingerprint density at radius 3 is 2.33 bits per heavy atom. The minimum Gasteiger partial charge on any atom is -0.402 e. The highest BCUT2D eigenvalue weighted by molar-refractivity contribution is 5.96. The first kappa shape index (κ1) is 21.0. The Bertz CT molecular complexity index is 941. The first-order valence-electron chi connectivity index (χ1n) is 9.77. The Morgan fingerprint density at radius 1 is 1.07 bits per heavy atom. The molecule has 2 heterocycles. The first-order chi connectivity index (χ1) is 14.4. The van der Waals surface area contributed by atoms with Gasteiger partial charge in [0.15, 0.2) is 0 Å². The summed E-state index contributed by atoms with van der Waals surface area (Å²) in [5.41, 5.74) is 9.16. The Labute approximate surface area is 176 Å². The van der Waals surface area contributed by atoms with Crippen molar-refractivity contribution in [3.8, 4) is 0 Å². The van der Waals surface area contributed by atoms with E-state index < -0.39 is 0 Å². The van der Waals surface area contributed by atoms with E-state index in [2.05, 4.69) is 15.3 Å². The van der Waals surface area contributed by atoms with Gasteiger partial charge in [0, 0.05) is 49.3 Å². The molecule has 2 aromatic rings. The van der Waals surface area contributed by atoms with Gasteiger partial charge in [-0.3, -0.25) is 14.8 Å². The number of carbonyl (C=O) groups excluding carboxylic acids is 2. The SMILES string of the molecule is CC(N)=CC(C)=Nc1ccc(C(=O)N2CCN(C(=O)Nc3cccnc3)CC2)cc1. The number of nitrogens with zero attached hydrogens (tertiary/aromatic N) is 4. The Balaban J connectivity index is 1.55. The molecule has 30 heavy (non-hydrogen) atoms. The average Bonchev–Trinajstić information content (AvgIpc) is 2.74. The molecule has 3 rings (SSSR count). The minimum atomic E-state index is -0.186. The van der Waals surface area contributed by atoms with Gasteiger partial charge in [-0.2, -0.15) is 0 Å². The molecule has 1 fully saturated rings. The van der Waals surface area contributed by atoms with E-state index in [0.29, 0.717) is 43.1 Å². The maximum Gasteiger partial charge on any atom is 0.322 e. The van der Waals surface area contributed by atoms with Crippen molar-refractivity contribution >= 4 is 29.0 Å². The third-order valence-electron chi connectivity index (χ3n) is 4.62. The molecule has 1 aliphatic heterocycles. The highest BCUT2D eigenvalue weighted by atomic mass is 16.2. The number of carbonyl (C=O) groups is 2. The maximum atomic E-state index is 12.8. The van der Waals surface area contributed by atoms with Crippen LogP contribution in [0.2, 0.25) is 0 Å². The number of hydrogen-bond acceptors (Lipinski definition) is 5. The molecule has 0 spiro atoms. The number of aromatic nitrogens is 1. The molecule has 3 amide bonds. The lowest BCUT2D eigenvalue weighted by atomic mass is 10.1. The predicted octanol–water partition coefficient (Wildman–Crippen LogP) is 3.03. The second-order valence-electron chi connectivity index (χ2n) is 7.14. The zero-order valence-corrected chi connectivity index (χ0v) is 17.2. The second-order valence-corrected chi connectivity index (χ2v) is 7.14. The van der Waals surface area contributed by atoms with Crippen molar-refractivity contribution in [3.63, 3.8) is 0 Å². The number of rotatable bonds is 4. The van der Waals surface area contributed by atoms with Gasteiger partial charge in [-0.15, -0.1) is 0 Å². The largest absolute Gasteiger partial charge is 0.402 e. The zero-order valence-electron chi connectivity index (χ0n) is 17.2. The van der Waals surface area contributed by atoms with Crippen molar-refractivity contribution in [2.24, 2.45) is 10.7 Å². The van der Waals surface area contributed by atoms with Gasteiger partial charge < -0.3 is 20.9 Å². The second kappa shape index (κ2) is 9.69.